The molecule has 0 aliphatic heterocycles. The molecule has 1 fully saturated rings. The highest BCUT2D eigenvalue weighted by Gasteiger charge is 2.25. The molecule has 0 radical (unpaired) electrons. The van der Waals surface area contributed by atoms with E-state index in [4.69, 9.17) is 10.5 Å². The van der Waals surface area contributed by atoms with Gasteiger partial charge in [-0.25, -0.2) is 0 Å². The molecule has 0 bridgehead atoms. The normalized spacial score (nSPS) is 23.0. The summed E-state index contributed by atoms with van der Waals surface area (Å²) in [5.74, 6) is -0.152. The summed E-state index contributed by atoms with van der Waals surface area (Å²) in [6.45, 7) is 0.0553. The Bertz CT molecular complexity index is 425. The van der Waals surface area contributed by atoms with Crippen molar-refractivity contribution >= 4 is 27.5 Å². The second-order valence-electron chi connectivity index (χ2n) is 4.47. The molecule has 18 heavy (non-hydrogen) atoms. The molecule has 1 aromatic rings. The minimum Gasteiger partial charge on any atom is -0.367 e. The lowest BCUT2D eigenvalue weighted by molar-refractivity contribution is -0.122. The molecule has 0 aromatic heterocycles. The second-order valence-corrected chi connectivity index (χ2v) is 5.33. The smallest absolute Gasteiger partial charge is 0.250 e. The Kier molecular flexibility index (Phi) is 4.74. The van der Waals surface area contributed by atoms with E-state index in [9.17, 15) is 4.79 Å². The number of carbonyl (C=O) groups excluding carboxylic acids is 1. The van der Waals surface area contributed by atoms with Crippen LogP contribution in [0.15, 0.2) is 28.7 Å². The lowest BCUT2D eigenvalue weighted by Gasteiger charge is -2.16. The number of anilines is 1. The van der Waals surface area contributed by atoms with E-state index < -0.39 is 0 Å². The fraction of sp³-hybridized carbons (Fsp3) is 0.462. The van der Waals surface area contributed by atoms with E-state index in [1.165, 1.54) is 0 Å². The van der Waals surface area contributed by atoms with Crippen LogP contribution in [0.1, 0.15) is 19.3 Å². The first-order chi connectivity index (χ1) is 8.66. The van der Waals surface area contributed by atoms with Crippen molar-refractivity contribution in [2.45, 2.75) is 31.4 Å². The Hall–Kier alpha value is -0.910. The van der Waals surface area contributed by atoms with Crippen LogP contribution in [0, 0.1) is 0 Å². The van der Waals surface area contributed by atoms with Gasteiger partial charge in [0, 0.05) is 10.5 Å². The molecule has 4 nitrogen and oxygen atoms in total. The van der Waals surface area contributed by atoms with Crippen molar-refractivity contribution in [3.05, 3.63) is 28.7 Å². The summed E-state index contributed by atoms with van der Waals surface area (Å²) in [6.07, 6.45) is 3.03. The minimum atomic E-state index is -0.152. The first-order valence-corrected chi connectivity index (χ1v) is 6.87. The Balaban J connectivity index is 1.80. The molecule has 2 atom stereocenters. The van der Waals surface area contributed by atoms with Crippen LogP contribution < -0.4 is 11.1 Å². The van der Waals surface area contributed by atoms with Crippen molar-refractivity contribution in [3.63, 3.8) is 0 Å². The molecule has 0 heterocycles. The SMILES string of the molecule is NC1CCCC1OCC(=O)Nc1ccccc1Br. The Morgan fingerprint density at radius 1 is 1.44 bits per heavy atom. The largest absolute Gasteiger partial charge is 0.367 e. The number of carbonyl (C=O) groups is 1. The Morgan fingerprint density at radius 2 is 2.22 bits per heavy atom. The highest BCUT2D eigenvalue weighted by atomic mass is 79.9. The van der Waals surface area contributed by atoms with Gasteiger partial charge in [-0.05, 0) is 47.3 Å². The highest BCUT2D eigenvalue weighted by Crippen LogP contribution is 2.22. The van der Waals surface area contributed by atoms with Crippen LogP contribution in [0.25, 0.3) is 0 Å². The predicted molar refractivity (Wildman–Crippen MR) is 74.3 cm³/mol. The third-order valence-corrected chi connectivity index (χ3v) is 3.77. The number of hydrogen-bond acceptors (Lipinski definition) is 3. The first-order valence-electron chi connectivity index (χ1n) is 6.08. The highest BCUT2D eigenvalue weighted by molar-refractivity contribution is 9.10. The van der Waals surface area contributed by atoms with Gasteiger partial charge in [0.15, 0.2) is 0 Å². The maximum Gasteiger partial charge on any atom is 0.250 e. The van der Waals surface area contributed by atoms with Crippen molar-refractivity contribution < 1.29 is 9.53 Å². The van der Waals surface area contributed by atoms with Crippen molar-refractivity contribution in [2.24, 2.45) is 5.73 Å². The fourth-order valence-corrected chi connectivity index (χ4v) is 2.48. The number of benzene rings is 1. The summed E-state index contributed by atoms with van der Waals surface area (Å²) in [5, 5.41) is 2.80. The zero-order valence-corrected chi connectivity index (χ0v) is 11.7. The average Bonchev–Trinajstić information content (AvgIpc) is 2.75. The average molecular weight is 313 g/mol. The van der Waals surface area contributed by atoms with Crippen molar-refractivity contribution in [1.29, 1.82) is 0 Å². The molecule has 2 rings (SSSR count). The number of nitrogens with one attached hydrogen (secondary N) is 1. The van der Waals surface area contributed by atoms with Gasteiger partial charge in [0.05, 0.1) is 11.8 Å². The van der Waals surface area contributed by atoms with Crippen LogP contribution in [-0.4, -0.2) is 24.7 Å². The maximum absolute atomic E-state index is 11.7. The van der Waals surface area contributed by atoms with Crippen molar-refractivity contribution in [3.8, 4) is 0 Å². The molecular formula is C13H17BrN2O2. The maximum atomic E-state index is 11.7. The van der Waals surface area contributed by atoms with Crippen LogP contribution >= 0.6 is 15.9 Å². The predicted octanol–water partition coefficient (Wildman–Crippen LogP) is 2.28. The van der Waals surface area contributed by atoms with Crippen LogP contribution in [0.2, 0.25) is 0 Å². The summed E-state index contributed by atoms with van der Waals surface area (Å²) in [6, 6.07) is 7.55. The third-order valence-electron chi connectivity index (χ3n) is 3.08. The molecule has 0 saturated heterocycles. The minimum absolute atomic E-state index is 0.0231. The molecule has 3 N–H and O–H groups in total. The van der Waals surface area contributed by atoms with Gasteiger partial charge in [-0.2, -0.15) is 0 Å². The van der Waals surface area contributed by atoms with Crippen molar-refractivity contribution in [1.82, 2.24) is 0 Å². The number of hydrogen-bond donors (Lipinski definition) is 2. The molecule has 5 heteroatoms. The van der Waals surface area contributed by atoms with Crippen LogP contribution in [-0.2, 0) is 9.53 Å². The molecule has 1 aliphatic rings. The molecule has 1 saturated carbocycles. The van der Waals surface area contributed by atoms with E-state index in [-0.39, 0.29) is 24.7 Å². The van der Waals surface area contributed by atoms with Gasteiger partial charge < -0.3 is 15.8 Å². The van der Waals surface area contributed by atoms with E-state index in [0.717, 1.165) is 29.4 Å². The van der Waals surface area contributed by atoms with Gasteiger partial charge in [0.2, 0.25) is 5.91 Å². The number of halogens is 1. The van der Waals surface area contributed by atoms with Gasteiger partial charge in [0.25, 0.3) is 0 Å². The summed E-state index contributed by atoms with van der Waals surface area (Å²) >= 11 is 3.38. The summed E-state index contributed by atoms with van der Waals surface area (Å²) in [4.78, 5) is 11.7. The summed E-state index contributed by atoms with van der Waals surface area (Å²) < 4.78 is 6.39. The van der Waals surface area contributed by atoms with Crippen LogP contribution in [0.3, 0.4) is 0 Å². The number of para-hydroxylation sites is 1. The second kappa shape index (κ2) is 6.31. The monoisotopic (exact) mass is 312 g/mol. The van der Waals surface area contributed by atoms with E-state index in [0.29, 0.717) is 0 Å². The Labute approximate surface area is 115 Å². The number of nitrogens with two attached hydrogens (primary N) is 1. The molecule has 1 amide bonds. The molecule has 1 aliphatic carbocycles. The molecule has 98 valence electrons. The number of amides is 1. The zero-order chi connectivity index (χ0) is 13.0. The van der Waals surface area contributed by atoms with Crippen LogP contribution in [0.5, 0.6) is 0 Å². The van der Waals surface area contributed by atoms with E-state index in [2.05, 4.69) is 21.2 Å². The first kappa shape index (κ1) is 13.5. The summed E-state index contributed by atoms with van der Waals surface area (Å²) in [7, 11) is 0. The lowest BCUT2D eigenvalue weighted by atomic mass is 10.2. The molecule has 0 spiro atoms. The van der Waals surface area contributed by atoms with Gasteiger partial charge in [-0.15, -0.1) is 0 Å². The van der Waals surface area contributed by atoms with Gasteiger partial charge in [-0.1, -0.05) is 12.1 Å². The summed E-state index contributed by atoms with van der Waals surface area (Å²) in [5.41, 5.74) is 6.63. The van der Waals surface area contributed by atoms with Crippen LogP contribution in [0.4, 0.5) is 5.69 Å². The van der Waals surface area contributed by atoms with E-state index in [1.54, 1.807) is 0 Å². The van der Waals surface area contributed by atoms with Crippen molar-refractivity contribution in [2.75, 3.05) is 11.9 Å². The van der Waals surface area contributed by atoms with Gasteiger partial charge >= 0.3 is 0 Å². The molecule has 2 unspecified atom stereocenters. The Morgan fingerprint density at radius 3 is 2.89 bits per heavy atom. The third kappa shape index (κ3) is 3.54. The van der Waals surface area contributed by atoms with Gasteiger partial charge in [0.1, 0.15) is 6.61 Å². The van der Waals surface area contributed by atoms with E-state index in [1.807, 2.05) is 24.3 Å². The topological polar surface area (TPSA) is 64.3 Å². The fourth-order valence-electron chi connectivity index (χ4n) is 2.09. The number of ether oxygens (including phenoxy) is 1. The number of rotatable bonds is 4. The van der Waals surface area contributed by atoms with E-state index >= 15 is 0 Å². The van der Waals surface area contributed by atoms with Gasteiger partial charge in [-0.3, -0.25) is 4.79 Å². The standard InChI is InChI=1S/C13H17BrN2O2/c14-9-4-1-2-6-11(9)16-13(17)8-18-12-7-3-5-10(12)15/h1-2,4,6,10,12H,3,5,7-8,15H2,(H,16,17). The lowest BCUT2D eigenvalue weighted by Crippen LogP contribution is -2.33. The zero-order valence-electron chi connectivity index (χ0n) is 10.1. The molecular weight excluding hydrogens is 296 g/mol. The quantitative estimate of drug-likeness (QED) is 0.896. The molecule has 1 aromatic carbocycles.